The molecule has 1 heterocycles. The predicted molar refractivity (Wildman–Crippen MR) is 58.6 cm³/mol. The third kappa shape index (κ3) is 2.44. The van der Waals surface area contributed by atoms with Gasteiger partial charge in [-0.15, -0.1) is 17.9 Å². The fourth-order valence-corrected chi connectivity index (χ4v) is 2.53. The van der Waals surface area contributed by atoms with Gasteiger partial charge in [-0.05, 0) is 28.5 Å². The van der Waals surface area contributed by atoms with Crippen molar-refractivity contribution in [1.82, 2.24) is 5.32 Å². The van der Waals surface area contributed by atoms with Crippen molar-refractivity contribution in [3.8, 4) is 0 Å². The lowest BCUT2D eigenvalue weighted by Gasteiger charge is -2.09. The number of nitrogens with one attached hydrogen (secondary N) is 1. The second-order valence-corrected chi connectivity index (χ2v) is 4.30. The van der Waals surface area contributed by atoms with Crippen LogP contribution in [0.5, 0.6) is 0 Å². The molecule has 12 heavy (non-hydrogen) atoms. The molecule has 1 unspecified atom stereocenters. The van der Waals surface area contributed by atoms with Gasteiger partial charge in [-0.2, -0.15) is 0 Å². The fraction of sp³-hybridized carbons (Fsp3) is 0.333. The van der Waals surface area contributed by atoms with Crippen molar-refractivity contribution in [3.05, 3.63) is 33.5 Å². The molecule has 1 nitrogen and oxygen atoms in total. The summed E-state index contributed by atoms with van der Waals surface area (Å²) in [5.74, 6) is 0. The Hall–Kier alpha value is -0.120. The summed E-state index contributed by atoms with van der Waals surface area (Å²) in [7, 11) is 0. The molecular formula is C9H12BrNS. The van der Waals surface area contributed by atoms with Crippen LogP contribution in [0.15, 0.2) is 28.6 Å². The summed E-state index contributed by atoms with van der Waals surface area (Å²) in [6.45, 7) is 6.85. The SMILES string of the molecule is C=CC(NCC)c1cc(Br)cs1. The van der Waals surface area contributed by atoms with Crippen molar-refractivity contribution in [2.24, 2.45) is 0 Å². The van der Waals surface area contributed by atoms with E-state index in [2.05, 4.69) is 46.2 Å². The van der Waals surface area contributed by atoms with Crippen LogP contribution in [0.3, 0.4) is 0 Å². The lowest BCUT2D eigenvalue weighted by atomic mass is 10.2. The van der Waals surface area contributed by atoms with Gasteiger partial charge in [-0.1, -0.05) is 13.0 Å². The summed E-state index contributed by atoms with van der Waals surface area (Å²) >= 11 is 5.17. The number of likely N-dealkylation sites (N-methyl/N-ethyl adjacent to an activating group) is 1. The van der Waals surface area contributed by atoms with Crippen molar-refractivity contribution in [2.75, 3.05) is 6.54 Å². The lowest BCUT2D eigenvalue weighted by molar-refractivity contribution is 0.658. The minimum Gasteiger partial charge on any atom is -0.306 e. The molecule has 0 saturated carbocycles. The van der Waals surface area contributed by atoms with Gasteiger partial charge in [-0.25, -0.2) is 0 Å². The molecule has 0 bridgehead atoms. The Balaban J connectivity index is 2.72. The third-order valence-electron chi connectivity index (χ3n) is 1.55. The zero-order chi connectivity index (χ0) is 8.97. The van der Waals surface area contributed by atoms with E-state index < -0.39 is 0 Å². The molecule has 1 rings (SSSR count). The molecule has 0 aliphatic carbocycles. The van der Waals surface area contributed by atoms with Gasteiger partial charge in [0.2, 0.25) is 0 Å². The summed E-state index contributed by atoms with van der Waals surface area (Å²) < 4.78 is 1.15. The standard InChI is InChI=1S/C9H12BrNS/c1-3-8(11-4-2)9-5-7(10)6-12-9/h3,5-6,8,11H,1,4H2,2H3. The molecule has 0 spiro atoms. The number of halogens is 1. The van der Waals surface area contributed by atoms with Crippen molar-refractivity contribution < 1.29 is 0 Å². The van der Waals surface area contributed by atoms with Crippen molar-refractivity contribution in [2.45, 2.75) is 13.0 Å². The van der Waals surface area contributed by atoms with E-state index in [1.807, 2.05) is 6.08 Å². The first-order valence-electron chi connectivity index (χ1n) is 3.87. The Kier molecular flexibility index (Phi) is 3.98. The quantitative estimate of drug-likeness (QED) is 0.803. The molecular weight excluding hydrogens is 234 g/mol. The van der Waals surface area contributed by atoms with Crippen LogP contribution in [0.1, 0.15) is 17.8 Å². The first-order valence-corrected chi connectivity index (χ1v) is 5.55. The molecule has 1 aromatic heterocycles. The molecule has 1 aromatic rings. The first kappa shape index (κ1) is 9.96. The molecule has 1 atom stereocenters. The average Bonchev–Trinajstić information content (AvgIpc) is 2.47. The molecule has 0 amide bonds. The van der Waals surface area contributed by atoms with Crippen LogP contribution >= 0.6 is 27.3 Å². The third-order valence-corrected chi connectivity index (χ3v) is 3.33. The predicted octanol–water partition coefficient (Wildman–Crippen LogP) is 3.35. The molecule has 3 heteroatoms. The molecule has 0 aliphatic rings. The van der Waals surface area contributed by atoms with Crippen molar-refractivity contribution in [1.29, 1.82) is 0 Å². The first-order chi connectivity index (χ1) is 5.77. The highest BCUT2D eigenvalue weighted by molar-refractivity contribution is 9.10. The number of thiophene rings is 1. The number of hydrogen-bond acceptors (Lipinski definition) is 2. The topological polar surface area (TPSA) is 12.0 Å². The average molecular weight is 246 g/mol. The number of hydrogen-bond donors (Lipinski definition) is 1. The molecule has 0 fully saturated rings. The van der Waals surface area contributed by atoms with Crippen LogP contribution in [-0.2, 0) is 0 Å². The van der Waals surface area contributed by atoms with Gasteiger partial charge >= 0.3 is 0 Å². The smallest absolute Gasteiger partial charge is 0.0598 e. The molecule has 0 radical (unpaired) electrons. The van der Waals surface area contributed by atoms with Crippen LogP contribution in [-0.4, -0.2) is 6.54 Å². The Morgan fingerprint density at radius 3 is 3.00 bits per heavy atom. The highest BCUT2D eigenvalue weighted by atomic mass is 79.9. The largest absolute Gasteiger partial charge is 0.306 e. The van der Waals surface area contributed by atoms with E-state index >= 15 is 0 Å². The second-order valence-electron chi connectivity index (χ2n) is 2.44. The second kappa shape index (κ2) is 4.80. The van der Waals surface area contributed by atoms with E-state index in [4.69, 9.17) is 0 Å². The molecule has 0 aromatic carbocycles. The highest BCUT2D eigenvalue weighted by Gasteiger charge is 2.07. The van der Waals surface area contributed by atoms with E-state index in [1.54, 1.807) is 11.3 Å². The zero-order valence-corrected chi connectivity index (χ0v) is 9.41. The summed E-state index contributed by atoms with van der Waals surface area (Å²) in [6.07, 6.45) is 1.93. The van der Waals surface area contributed by atoms with Gasteiger partial charge in [0.1, 0.15) is 0 Å². The van der Waals surface area contributed by atoms with Crippen LogP contribution in [0.4, 0.5) is 0 Å². The summed E-state index contributed by atoms with van der Waals surface area (Å²) in [4.78, 5) is 1.30. The maximum absolute atomic E-state index is 3.79. The van der Waals surface area contributed by atoms with E-state index in [9.17, 15) is 0 Å². The van der Waals surface area contributed by atoms with E-state index in [-0.39, 0.29) is 0 Å². The molecule has 0 saturated heterocycles. The Morgan fingerprint density at radius 1 is 1.83 bits per heavy atom. The highest BCUT2D eigenvalue weighted by Crippen LogP contribution is 2.25. The Labute approximate surface area is 85.6 Å². The van der Waals surface area contributed by atoms with Gasteiger partial charge < -0.3 is 5.32 Å². The Morgan fingerprint density at radius 2 is 2.58 bits per heavy atom. The van der Waals surface area contributed by atoms with E-state index in [1.165, 1.54) is 4.88 Å². The monoisotopic (exact) mass is 245 g/mol. The van der Waals surface area contributed by atoms with Gasteiger partial charge in [0.05, 0.1) is 6.04 Å². The molecule has 1 N–H and O–H groups in total. The van der Waals surface area contributed by atoms with Gasteiger partial charge in [-0.3, -0.25) is 0 Å². The van der Waals surface area contributed by atoms with E-state index in [0.717, 1.165) is 11.0 Å². The van der Waals surface area contributed by atoms with Gasteiger partial charge in [0.15, 0.2) is 0 Å². The summed E-state index contributed by atoms with van der Waals surface area (Å²) in [5.41, 5.74) is 0. The van der Waals surface area contributed by atoms with Crippen LogP contribution in [0.25, 0.3) is 0 Å². The minimum atomic E-state index is 0.297. The zero-order valence-electron chi connectivity index (χ0n) is 7.01. The fourth-order valence-electron chi connectivity index (χ4n) is 1.01. The van der Waals surface area contributed by atoms with Gasteiger partial charge in [0.25, 0.3) is 0 Å². The maximum Gasteiger partial charge on any atom is 0.0598 e. The van der Waals surface area contributed by atoms with Crippen LogP contribution in [0.2, 0.25) is 0 Å². The van der Waals surface area contributed by atoms with E-state index in [0.29, 0.717) is 6.04 Å². The van der Waals surface area contributed by atoms with Crippen LogP contribution < -0.4 is 5.32 Å². The summed E-state index contributed by atoms with van der Waals surface area (Å²) in [5, 5.41) is 5.42. The summed E-state index contributed by atoms with van der Waals surface area (Å²) in [6, 6.07) is 2.42. The Bertz CT molecular complexity index is 257. The van der Waals surface area contributed by atoms with Crippen molar-refractivity contribution in [3.63, 3.8) is 0 Å². The van der Waals surface area contributed by atoms with Gasteiger partial charge in [0, 0.05) is 14.7 Å². The molecule has 0 aliphatic heterocycles. The number of rotatable bonds is 4. The normalized spacial score (nSPS) is 12.8. The minimum absolute atomic E-state index is 0.297. The van der Waals surface area contributed by atoms with Crippen LogP contribution in [0, 0.1) is 0 Å². The molecule has 66 valence electrons. The lowest BCUT2D eigenvalue weighted by Crippen LogP contribution is -2.17. The van der Waals surface area contributed by atoms with Crippen molar-refractivity contribution >= 4 is 27.3 Å². The maximum atomic E-state index is 3.79.